The first-order chi connectivity index (χ1) is 12.3. The highest BCUT2D eigenvalue weighted by atomic mass is 16.7. The van der Waals surface area contributed by atoms with Crippen LogP contribution in [0.25, 0.3) is 11.0 Å². The number of aryl methyl sites for hydroxylation is 1. The molecule has 2 aromatic rings. The molecule has 1 aromatic heterocycles. The van der Waals surface area contributed by atoms with Crippen molar-refractivity contribution >= 4 is 16.9 Å². The first-order valence-corrected chi connectivity index (χ1v) is 7.80. The van der Waals surface area contributed by atoms with E-state index in [1.807, 2.05) is 0 Å². The minimum Gasteiger partial charge on any atom is -0.467 e. The maximum absolute atomic E-state index is 11.7. The van der Waals surface area contributed by atoms with Gasteiger partial charge in [0.1, 0.15) is 29.6 Å². The number of hydrogen-bond acceptors (Lipinski definition) is 9. The number of carbonyl (C=O) groups is 1. The standard InChI is InChI=1S/C17H18O9/c1-7-5-11(18)25-10-6-8(3-4-9(7)10)24-17-14(21)12(19)13(20)15(26-17)16(22)23-2/h3-6,12-15,17,19-21H,1-2H3/t12-,13-,14+,15+,17+/m0/s1. The molecule has 140 valence electrons. The summed E-state index contributed by atoms with van der Waals surface area (Å²) in [5.74, 6) is -0.750. The molecule has 3 N–H and O–H groups in total. The van der Waals surface area contributed by atoms with Gasteiger partial charge in [-0.2, -0.15) is 0 Å². The molecule has 0 unspecified atom stereocenters. The maximum Gasteiger partial charge on any atom is 0.337 e. The van der Waals surface area contributed by atoms with Crippen molar-refractivity contribution in [3.63, 3.8) is 0 Å². The molecule has 1 saturated heterocycles. The highest BCUT2D eigenvalue weighted by molar-refractivity contribution is 5.81. The Morgan fingerprint density at radius 3 is 2.54 bits per heavy atom. The van der Waals surface area contributed by atoms with Gasteiger partial charge in [0, 0.05) is 17.5 Å². The van der Waals surface area contributed by atoms with Gasteiger partial charge in [-0.15, -0.1) is 0 Å². The molecule has 2 heterocycles. The van der Waals surface area contributed by atoms with Gasteiger partial charge in [0.15, 0.2) is 6.10 Å². The van der Waals surface area contributed by atoms with Crippen LogP contribution in [0, 0.1) is 6.92 Å². The Morgan fingerprint density at radius 2 is 1.85 bits per heavy atom. The molecule has 0 amide bonds. The molecule has 9 nitrogen and oxygen atoms in total. The highest BCUT2D eigenvalue weighted by Crippen LogP contribution is 2.27. The van der Waals surface area contributed by atoms with Gasteiger partial charge in [0.05, 0.1) is 7.11 Å². The summed E-state index contributed by atoms with van der Waals surface area (Å²) in [5.41, 5.74) is 0.467. The number of methoxy groups -OCH3 is 1. The van der Waals surface area contributed by atoms with E-state index in [0.29, 0.717) is 5.39 Å². The minimum atomic E-state index is -1.68. The van der Waals surface area contributed by atoms with Gasteiger partial charge in [-0.05, 0) is 24.6 Å². The lowest BCUT2D eigenvalue weighted by Crippen LogP contribution is -2.61. The number of esters is 1. The van der Waals surface area contributed by atoms with Crippen molar-refractivity contribution in [1.82, 2.24) is 0 Å². The van der Waals surface area contributed by atoms with E-state index >= 15 is 0 Å². The Labute approximate surface area is 147 Å². The number of benzene rings is 1. The lowest BCUT2D eigenvalue weighted by Gasteiger charge is -2.38. The second-order valence-corrected chi connectivity index (χ2v) is 5.94. The van der Waals surface area contributed by atoms with Crippen LogP contribution in [0.4, 0.5) is 0 Å². The lowest BCUT2D eigenvalue weighted by atomic mass is 9.99. The molecule has 5 atom stereocenters. The molecule has 1 aliphatic heterocycles. The summed E-state index contributed by atoms with van der Waals surface area (Å²) in [5, 5.41) is 30.5. The van der Waals surface area contributed by atoms with Crippen LogP contribution in [0.15, 0.2) is 33.5 Å². The number of rotatable bonds is 3. The van der Waals surface area contributed by atoms with Gasteiger partial charge in [-0.1, -0.05) is 0 Å². The quantitative estimate of drug-likeness (QED) is 0.483. The molecule has 0 spiro atoms. The summed E-state index contributed by atoms with van der Waals surface area (Å²) in [6.07, 6.45) is -7.95. The van der Waals surface area contributed by atoms with E-state index in [1.54, 1.807) is 19.1 Å². The number of carbonyl (C=O) groups excluding carboxylic acids is 1. The van der Waals surface area contributed by atoms with Crippen LogP contribution < -0.4 is 10.4 Å². The summed E-state index contributed by atoms with van der Waals surface area (Å²) in [6.45, 7) is 1.76. The second-order valence-electron chi connectivity index (χ2n) is 5.94. The molecule has 1 aromatic carbocycles. The van der Waals surface area contributed by atoms with Crippen LogP contribution >= 0.6 is 0 Å². The van der Waals surface area contributed by atoms with Crippen LogP contribution in [0.5, 0.6) is 5.75 Å². The molecule has 1 aliphatic rings. The van der Waals surface area contributed by atoms with Gasteiger partial charge in [-0.25, -0.2) is 9.59 Å². The predicted molar refractivity (Wildman–Crippen MR) is 86.5 cm³/mol. The summed E-state index contributed by atoms with van der Waals surface area (Å²) in [6, 6.07) is 5.98. The van der Waals surface area contributed by atoms with Crippen molar-refractivity contribution in [3.8, 4) is 5.75 Å². The van der Waals surface area contributed by atoms with Crippen molar-refractivity contribution in [2.45, 2.75) is 37.6 Å². The van der Waals surface area contributed by atoms with Gasteiger partial charge in [0.2, 0.25) is 6.29 Å². The molecule has 0 saturated carbocycles. The van der Waals surface area contributed by atoms with E-state index in [9.17, 15) is 24.9 Å². The summed E-state index contributed by atoms with van der Waals surface area (Å²) in [4.78, 5) is 23.2. The Bertz CT molecular complexity index is 874. The van der Waals surface area contributed by atoms with Crippen LogP contribution in [0.2, 0.25) is 0 Å². The van der Waals surface area contributed by atoms with Crippen molar-refractivity contribution in [3.05, 3.63) is 40.2 Å². The third kappa shape index (κ3) is 3.29. The zero-order chi connectivity index (χ0) is 19.0. The maximum atomic E-state index is 11.7. The van der Waals surface area contributed by atoms with Crippen molar-refractivity contribution in [2.24, 2.45) is 0 Å². The van der Waals surface area contributed by atoms with E-state index in [4.69, 9.17) is 13.9 Å². The fourth-order valence-electron chi connectivity index (χ4n) is 2.77. The van der Waals surface area contributed by atoms with Gasteiger partial charge in [-0.3, -0.25) is 0 Å². The Balaban J connectivity index is 1.88. The number of aliphatic hydroxyl groups excluding tert-OH is 3. The van der Waals surface area contributed by atoms with Gasteiger partial charge >= 0.3 is 11.6 Å². The third-order valence-corrected chi connectivity index (χ3v) is 4.18. The molecule has 3 rings (SSSR count). The molecular formula is C17H18O9. The first-order valence-electron chi connectivity index (χ1n) is 7.80. The third-order valence-electron chi connectivity index (χ3n) is 4.18. The summed E-state index contributed by atoms with van der Waals surface area (Å²) >= 11 is 0. The summed E-state index contributed by atoms with van der Waals surface area (Å²) in [7, 11) is 1.10. The van der Waals surface area contributed by atoms with Gasteiger partial charge < -0.3 is 33.9 Å². The lowest BCUT2D eigenvalue weighted by molar-refractivity contribution is -0.271. The van der Waals surface area contributed by atoms with Crippen LogP contribution in [-0.2, 0) is 14.3 Å². The van der Waals surface area contributed by atoms with Crippen LogP contribution in [0.1, 0.15) is 5.56 Å². The first kappa shape index (κ1) is 18.3. The zero-order valence-electron chi connectivity index (χ0n) is 14.0. The molecule has 0 aliphatic carbocycles. The Morgan fingerprint density at radius 1 is 1.12 bits per heavy atom. The topological polar surface area (TPSA) is 136 Å². The number of ether oxygens (including phenoxy) is 3. The fraction of sp³-hybridized carbons (Fsp3) is 0.412. The molecule has 9 heteroatoms. The number of fused-ring (bicyclic) bond motifs is 1. The van der Waals surface area contributed by atoms with E-state index in [-0.39, 0.29) is 11.3 Å². The Hall–Kier alpha value is -2.46. The normalized spacial score (nSPS) is 28.7. The molecule has 0 radical (unpaired) electrons. The Kier molecular flexibility index (Phi) is 4.97. The van der Waals surface area contributed by atoms with Crippen LogP contribution in [0.3, 0.4) is 0 Å². The largest absolute Gasteiger partial charge is 0.467 e. The zero-order valence-corrected chi connectivity index (χ0v) is 14.0. The monoisotopic (exact) mass is 366 g/mol. The SMILES string of the molecule is COC(=O)[C@@H]1O[C@@H](Oc2ccc3c(C)cc(=O)oc3c2)[C@H](O)[C@@H](O)[C@@H]1O. The second kappa shape index (κ2) is 7.04. The van der Waals surface area contributed by atoms with Crippen molar-refractivity contribution in [2.75, 3.05) is 7.11 Å². The van der Waals surface area contributed by atoms with E-state index in [2.05, 4.69) is 4.74 Å². The smallest absolute Gasteiger partial charge is 0.337 e. The van der Waals surface area contributed by atoms with Gasteiger partial charge in [0.25, 0.3) is 0 Å². The average Bonchev–Trinajstić information content (AvgIpc) is 2.61. The molecule has 26 heavy (non-hydrogen) atoms. The summed E-state index contributed by atoms with van der Waals surface area (Å²) < 4.78 is 20.4. The minimum absolute atomic E-state index is 0.169. The number of hydrogen-bond donors (Lipinski definition) is 3. The van der Waals surface area contributed by atoms with Crippen molar-refractivity contribution < 1.29 is 38.7 Å². The van der Waals surface area contributed by atoms with E-state index < -0.39 is 42.3 Å². The van der Waals surface area contributed by atoms with E-state index in [1.165, 1.54) is 12.1 Å². The van der Waals surface area contributed by atoms with Crippen LogP contribution in [-0.4, -0.2) is 59.1 Å². The fourth-order valence-corrected chi connectivity index (χ4v) is 2.77. The molecular weight excluding hydrogens is 348 g/mol. The van der Waals surface area contributed by atoms with E-state index in [0.717, 1.165) is 12.7 Å². The average molecular weight is 366 g/mol. The molecule has 0 bridgehead atoms. The predicted octanol–water partition coefficient (Wildman–Crippen LogP) is -0.539. The van der Waals surface area contributed by atoms with Crippen molar-refractivity contribution in [1.29, 1.82) is 0 Å². The molecule has 1 fully saturated rings. The number of aliphatic hydroxyl groups is 3. The highest BCUT2D eigenvalue weighted by Gasteiger charge is 2.48.